The van der Waals surface area contributed by atoms with Gasteiger partial charge in [-0.05, 0) is 45.7 Å². The minimum atomic E-state index is 0.777. The Labute approximate surface area is 95.4 Å². The summed E-state index contributed by atoms with van der Waals surface area (Å²) in [6.07, 6.45) is 6.69. The summed E-state index contributed by atoms with van der Waals surface area (Å²) in [6.45, 7) is 10.6. The standard InChI is InChI=1S/C13H28N2/c1-4-7-13(11-14-9-5-2)15-10-6-8-12(15)3/h12-14H,4-11H2,1-3H3. The Balaban J connectivity index is 2.34. The Morgan fingerprint density at radius 2 is 2.13 bits per heavy atom. The third kappa shape index (κ3) is 4.12. The molecule has 0 aromatic carbocycles. The monoisotopic (exact) mass is 212 g/mol. The van der Waals surface area contributed by atoms with Crippen LogP contribution in [0.1, 0.15) is 52.9 Å². The van der Waals surface area contributed by atoms with Crippen LogP contribution in [0.25, 0.3) is 0 Å². The van der Waals surface area contributed by atoms with Gasteiger partial charge in [-0.15, -0.1) is 0 Å². The minimum Gasteiger partial charge on any atom is -0.315 e. The van der Waals surface area contributed by atoms with Crippen molar-refractivity contribution in [1.29, 1.82) is 0 Å². The molecule has 1 aliphatic heterocycles. The highest BCUT2D eigenvalue weighted by molar-refractivity contribution is 4.83. The van der Waals surface area contributed by atoms with Crippen LogP contribution in [0.2, 0.25) is 0 Å². The highest BCUT2D eigenvalue weighted by Crippen LogP contribution is 2.21. The molecule has 2 nitrogen and oxygen atoms in total. The number of nitrogens with one attached hydrogen (secondary N) is 1. The van der Waals surface area contributed by atoms with Crippen molar-refractivity contribution in [1.82, 2.24) is 10.2 Å². The Morgan fingerprint density at radius 1 is 1.33 bits per heavy atom. The highest BCUT2D eigenvalue weighted by Gasteiger charge is 2.26. The molecule has 0 spiro atoms. The number of nitrogens with zero attached hydrogens (tertiary/aromatic N) is 1. The molecule has 1 fully saturated rings. The lowest BCUT2D eigenvalue weighted by atomic mass is 10.1. The number of hydrogen-bond donors (Lipinski definition) is 1. The van der Waals surface area contributed by atoms with Crippen molar-refractivity contribution in [3.8, 4) is 0 Å². The van der Waals surface area contributed by atoms with Crippen LogP contribution in [0, 0.1) is 0 Å². The van der Waals surface area contributed by atoms with Crippen molar-refractivity contribution in [2.75, 3.05) is 19.6 Å². The Morgan fingerprint density at radius 3 is 2.67 bits per heavy atom. The number of rotatable bonds is 7. The van der Waals surface area contributed by atoms with Gasteiger partial charge in [0.25, 0.3) is 0 Å². The zero-order chi connectivity index (χ0) is 11.1. The van der Waals surface area contributed by atoms with Crippen LogP contribution in [-0.2, 0) is 0 Å². The van der Waals surface area contributed by atoms with Gasteiger partial charge in [0, 0.05) is 18.6 Å². The molecule has 0 aromatic rings. The summed E-state index contributed by atoms with van der Waals surface area (Å²) in [6, 6.07) is 1.59. The molecule has 15 heavy (non-hydrogen) atoms. The van der Waals surface area contributed by atoms with Gasteiger partial charge in [0.15, 0.2) is 0 Å². The summed E-state index contributed by atoms with van der Waals surface area (Å²) >= 11 is 0. The van der Waals surface area contributed by atoms with Crippen molar-refractivity contribution >= 4 is 0 Å². The van der Waals surface area contributed by atoms with Gasteiger partial charge in [0.2, 0.25) is 0 Å². The van der Waals surface area contributed by atoms with Crippen LogP contribution in [0.15, 0.2) is 0 Å². The number of likely N-dealkylation sites (tertiary alicyclic amines) is 1. The molecule has 0 aliphatic carbocycles. The van der Waals surface area contributed by atoms with Gasteiger partial charge in [-0.1, -0.05) is 20.3 Å². The molecule has 2 atom stereocenters. The van der Waals surface area contributed by atoms with E-state index in [4.69, 9.17) is 0 Å². The lowest BCUT2D eigenvalue weighted by Gasteiger charge is -2.31. The van der Waals surface area contributed by atoms with Crippen LogP contribution in [0.4, 0.5) is 0 Å². The summed E-state index contributed by atoms with van der Waals surface area (Å²) < 4.78 is 0. The Hall–Kier alpha value is -0.0800. The number of hydrogen-bond acceptors (Lipinski definition) is 2. The summed E-state index contributed by atoms with van der Waals surface area (Å²) in [5.41, 5.74) is 0. The molecular weight excluding hydrogens is 184 g/mol. The van der Waals surface area contributed by atoms with E-state index >= 15 is 0 Å². The summed E-state index contributed by atoms with van der Waals surface area (Å²) in [5.74, 6) is 0. The summed E-state index contributed by atoms with van der Waals surface area (Å²) in [5, 5.41) is 3.58. The van der Waals surface area contributed by atoms with E-state index in [0.717, 1.165) is 12.1 Å². The summed E-state index contributed by atoms with van der Waals surface area (Å²) in [4.78, 5) is 2.71. The van der Waals surface area contributed by atoms with Gasteiger partial charge in [-0.25, -0.2) is 0 Å². The average molecular weight is 212 g/mol. The van der Waals surface area contributed by atoms with Crippen molar-refractivity contribution in [2.24, 2.45) is 0 Å². The lowest BCUT2D eigenvalue weighted by molar-refractivity contribution is 0.175. The van der Waals surface area contributed by atoms with E-state index in [-0.39, 0.29) is 0 Å². The van der Waals surface area contributed by atoms with Crippen LogP contribution in [-0.4, -0.2) is 36.6 Å². The summed E-state index contributed by atoms with van der Waals surface area (Å²) in [7, 11) is 0. The fraction of sp³-hybridized carbons (Fsp3) is 1.00. The van der Waals surface area contributed by atoms with Crippen LogP contribution in [0.5, 0.6) is 0 Å². The van der Waals surface area contributed by atoms with E-state index in [1.54, 1.807) is 0 Å². The van der Waals surface area contributed by atoms with Crippen LogP contribution >= 0.6 is 0 Å². The molecule has 0 saturated carbocycles. The van der Waals surface area contributed by atoms with Crippen LogP contribution in [0.3, 0.4) is 0 Å². The molecule has 1 aliphatic rings. The zero-order valence-corrected chi connectivity index (χ0v) is 10.8. The molecular formula is C13H28N2. The maximum Gasteiger partial charge on any atom is 0.0223 e. The van der Waals surface area contributed by atoms with E-state index in [1.807, 2.05) is 0 Å². The minimum absolute atomic E-state index is 0.777. The molecule has 90 valence electrons. The topological polar surface area (TPSA) is 15.3 Å². The normalized spacial score (nSPS) is 24.6. The molecule has 1 heterocycles. The lowest BCUT2D eigenvalue weighted by Crippen LogP contribution is -2.44. The molecule has 1 N–H and O–H groups in total. The van der Waals surface area contributed by atoms with Crippen molar-refractivity contribution < 1.29 is 0 Å². The van der Waals surface area contributed by atoms with Crippen LogP contribution < -0.4 is 5.32 Å². The fourth-order valence-electron chi connectivity index (χ4n) is 2.66. The Bertz CT molecular complexity index is 159. The molecule has 1 saturated heterocycles. The van der Waals surface area contributed by atoms with Gasteiger partial charge >= 0.3 is 0 Å². The van der Waals surface area contributed by atoms with Gasteiger partial charge in [-0.2, -0.15) is 0 Å². The second-order valence-electron chi connectivity index (χ2n) is 4.88. The molecule has 0 bridgehead atoms. The Kier molecular flexibility index (Phi) is 6.26. The van der Waals surface area contributed by atoms with Crippen molar-refractivity contribution in [2.45, 2.75) is 65.0 Å². The van der Waals surface area contributed by atoms with Crippen molar-refractivity contribution in [3.63, 3.8) is 0 Å². The van der Waals surface area contributed by atoms with Gasteiger partial charge in [0.1, 0.15) is 0 Å². The molecule has 2 heteroatoms. The first-order chi connectivity index (χ1) is 7.29. The largest absolute Gasteiger partial charge is 0.315 e. The highest BCUT2D eigenvalue weighted by atomic mass is 15.2. The first kappa shape index (κ1) is 13.0. The molecule has 0 amide bonds. The first-order valence-corrected chi connectivity index (χ1v) is 6.76. The first-order valence-electron chi connectivity index (χ1n) is 6.76. The van der Waals surface area contributed by atoms with Gasteiger partial charge < -0.3 is 5.32 Å². The van der Waals surface area contributed by atoms with Crippen molar-refractivity contribution in [3.05, 3.63) is 0 Å². The predicted octanol–water partition coefficient (Wildman–Crippen LogP) is 2.64. The predicted molar refractivity (Wildman–Crippen MR) is 67.3 cm³/mol. The third-order valence-electron chi connectivity index (χ3n) is 3.50. The fourth-order valence-corrected chi connectivity index (χ4v) is 2.66. The molecule has 1 rings (SSSR count). The van der Waals surface area contributed by atoms with Gasteiger partial charge in [0.05, 0.1) is 0 Å². The SMILES string of the molecule is CCCNCC(CCC)N1CCCC1C. The average Bonchev–Trinajstić information content (AvgIpc) is 2.64. The van der Waals surface area contributed by atoms with E-state index in [0.29, 0.717) is 0 Å². The quantitative estimate of drug-likeness (QED) is 0.653. The molecule has 0 aromatic heterocycles. The van der Waals surface area contributed by atoms with E-state index in [1.165, 1.54) is 51.7 Å². The second kappa shape index (κ2) is 7.24. The second-order valence-corrected chi connectivity index (χ2v) is 4.88. The van der Waals surface area contributed by atoms with Gasteiger partial charge in [-0.3, -0.25) is 4.90 Å². The van der Waals surface area contributed by atoms with E-state index in [2.05, 4.69) is 31.0 Å². The molecule has 2 unspecified atom stereocenters. The third-order valence-corrected chi connectivity index (χ3v) is 3.50. The van der Waals surface area contributed by atoms with E-state index in [9.17, 15) is 0 Å². The zero-order valence-electron chi connectivity index (χ0n) is 10.8. The maximum absolute atomic E-state index is 3.58. The smallest absolute Gasteiger partial charge is 0.0223 e. The maximum atomic E-state index is 3.58. The molecule has 0 radical (unpaired) electrons. The van der Waals surface area contributed by atoms with E-state index < -0.39 is 0 Å².